The second kappa shape index (κ2) is 11.8. The first-order valence-electron chi connectivity index (χ1n) is 5.27. The third-order valence-electron chi connectivity index (χ3n) is 1.82. The number of aromatic hydroxyl groups is 1. The van der Waals surface area contributed by atoms with Crippen molar-refractivity contribution in [1.29, 1.82) is 0 Å². The van der Waals surface area contributed by atoms with Crippen LogP contribution in [0.2, 0.25) is 0 Å². The fraction of sp³-hybridized carbons (Fsp3) is 0.500. The number of hydrogen-bond donors (Lipinski definition) is 3. The van der Waals surface area contributed by atoms with Crippen LogP contribution in [-0.2, 0) is 0 Å². The van der Waals surface area contributed by atoms with Gasteiger partial charge in [-0.3, -0.25) is 0 Å². The molecule has 0 aliphatic carbocycles. The van der Waals surface area contributed by atoms with Gasteiger partial charge in [0.15, 0.2) is 0 Å². The van der Waals surface area contributed by atoms with Crippen LogP contribution in [0.15, 0.2) is 30.3 Å². The Balaban J connectivity index is 0.000000262. The summed E-state index contributed by atoms with van der Waals surface area (Å²) in [6, 6.07) is 8.71. The Morgan fingerprint density at radius 3 is 1.53 bits per heavy atom. The number of phenolic OH excluding ortho intramolecular Hbond substituents is 1. The Bertz CT molecular complexity index is 208. The second-order valence-electron chi connectivity index (χ2n) is 3.20. The summed E-state index contributed by atoms with van der Waals surface area (Å²) in [4.78, 5) is 0. The van der Waals surface area contributed by atoms with Gasteiger partial charge in [0.25, 0.3) is 0 Å². The first-order chi connectivity index (χ1) is 7.31. The number of phenols is 1. The van der Waals surface area contributed by atoms with Crippen LogP contribution in [0.3, 0.4) is 0 Å². The van der Waals surface area contributed by atoms with E-state index in [0.717, 1.165) is 11.5 Å². The van der Waals surface area contributed by atoms with Gasteiger partial charge < -0.3 is 5.11 Å². The minimum Gasteiger partial charge on any atom is -0.508 e. The zero-order valence-corrected chi connectivity index (χ0v) is 10.8. The third kappa shape index (κ3) is 11.6. The van der Waals surface area contributed by atoms with Gasteiger partial charge in [0, 0.05) is 0 Å². The van der Waals surface area contributed by atoms with E-state index in [1.54, 1.807) is 24.3 Å². The zero-order valence-electron chi connectivity index (χ0n) is 8.97. The number of thiol groups is 2. The van der Waals surface area contributed by atoms with E-state index >= 15 is 0 Å². The van der Waals surface area contributed by atoms with Gasteiger partial charge in [-0.25, -0.2) is 0 Å². The Labute approximate surface area is 104 Å². The lowest BCUT2D eigenvalue weighted by Crippen LogP contribution is -1.78. The highest BCUT2D eigenvalue weighted by atomic mass is 32.1. The quantitative estimate of drug-likeness (QED) is 0.531. The Morgan fingerprint density at radius 1 is 0.800 bits per heavy atom. The third-order valence-corrected chi connectivity index (χ3v) is 2.45. The van der Waals surface area contributed by atoms with Gasteiger partial charge in [0.1, 0.15) is 5.75 Å². The van der Waals surface area contributed by atoms with Crippen LogP contribution in [0.4, 0.5) is 0 Å². The molecule has 0 saturated heterocycles. The highest BCUT2D eigenvalue weighted by molar-refractivity contribution is 7.80. The number of hydrogen-bond acceptors (Lipinski definition) is 3. The molecule has 3 heteroatoms. The average molecular weight is 244 g/mol. The van der Waals surface area contributed by atoms with Crippen molar-refractivity contribution in [2.24, 2.45) is 0 Å². The summed E-state index contributed by atoms with van der Waals surface area (Å²) in [5.41, 5.74) is 0. The zero-order chi connectivity index (χ0) is 11.4. The number of para-hydroxylation sites is 1. The molecule has 0 amide bonds. The molecule has 0 radical (unpaired) electrons. The molecular weight excluding hydrogens is 224 g/mol. The maximum Gasteiger partial charge on any atom is 0.115 e. The smallest absolute Gasteiger partial charge is 0.115 e. The molecule has 1 aromatic rings. The van der Waals surface area contributed by atoms with Crippen LogP contribution in [0, 0.1) is 0 Å². The van der Waals surface area contributed by atoms with E-state index in [1.807, 2.05) is 6.07 Å². The highest BCUT2D eigenvalue weighted by Crippen LogP contribution is 2.02. The number of benzene rings is 1. The SMILES string of the molecule is Oc1ccccc1.SCCCCCCS. The maximum absolute atomic E-state index is 8.63. The first kappa shape index (κ1) is 14.7. The largest absolute Gasteiger partial charge is 0.508 e. The summed E-state index contributed by atoms with van der Waals surface area (Å²) >= 11 is 8.21. The molecule has 0 aromatic heterocycles. The maximum atomic E-state index is 8.63. The highest BCUT2D eigenvalue weighted by Gasteiger charge is 1.84. The van der Waals surface area contributed by atoms with Gasteiger partial charge in [0.2, 0.25) is 0 Å². The van der Waals surface area contributed by atoms with Crippen LogP contribution >= 0.6 is 25.3 Å². The molecule has 0 heterocycles. The molecular formula is C12H20OS2. The van der Waals surface area contributed by atoms with Gasteiger partial charge in [-0.2, -0.15) is 25.3 Å². The van der Waals surface area contributed by atoms with Crippen LogP contribution in [0.1, 0.15) is 25.7 Å². The number of unbranched alkanes of at least 4 members (excludes halogenated alkanes) is 3. The summed E-state index contributed by atoms with van der Waals surface area (Å²) in [7, 11) is 0. The first-order valence-corrected chi connectivity index (χ1v) is 6.53. The molecule has 0 spiro atoms. The summed E-state index contributed by atoms with van der Waals surface area (Å²) in [6.07, 6.45) is 5.17. The molecule has 0 unspecified atom stereocenters. The van der Waals surface area contributed by atoms with Crippen molar-refractivity contribution >= 4 is 25.3 Å². The molecule has 1 nitrogen and oxygen atoms in total. The lowest BCUT2D eigenvalue weighted by molar-refractivity contribution is 0.475. The molecule has 1 rings (SSSR count). The molecule has 0 aliphatic heterocycles. The molecule has 0 saturated carbocycles. The van der Waals surface area contributed by atoms with Crippen molar-refractivity contribution in [3.8, 4) is 5.75 Å². The summed E-state index contributed by atoms with van der Waals surface area (Å²) in [6.45, 7) is 0. The van der Waals surface area contributed by atoms with Gasteiger partial charge in [-0.05, 0) is 36.5 Å². The topological polar surface area (TPSA) is 20.2 Å². The van der Waals surface area contributed by atoms with Crippen LogP contribution in [0.5, 0.6) is 5.75 Å². The fourth-order valence-corrected chi connectivity index (χ4v) is 1.45. The monoisotopic (exact) mass is 244 g/mol. The lowest BCUT2D eigenvalue weighted by atomic mass is 10.2. The Kier molecular flexibility index (Phi) is 11.6. The molecule has 86 valence electrons. The van der Waals surface area contributed by atoms with Crippen molar-refractivity contribution in [3.05, 3.63) is 30.3 Å². The van der Waals surface area contributed by atoms with E-state index in [-0.39, 0.29) is 0 Å². The minimum atomic E-state index is 0.322. The van der Waals surface area contributed by atoms with Crippen LogP contribution in [0.25, 0.3) is 0 Å². The minimum absolute atomic E-state index is 0.322. The predicted molar refractivity (Wildman–Crippen MR) is 74.3 cm³/mol. The van der Waals surface area contributed by atoms with Gasteiger partial charge >= 0.3 is 0 Å². The van der Waals surface area contributed by atoms with E-state index in [4.69, 9.17) is 5.11 Å². The van der Waals surface area contributed by atoms with Gasteiger partial charge in [-0.1, -0.05) is 31.0 Å². The lowest BCUT2D eigenvalue weighted by Gasteiger charge is -1.93. The standard InChI is InChI=1S/C6H6O.C6H14S2/c7-6-4-2-1-3-5-6;7-5-3-1-2-4-6-8/h1-5,7H;7-8H,1-6H2. The second-order valence-corrected chi connectivity index (χ2v) is 4.09. The summed E-state index contributed by atoms with van der Waals surface area (Å²) < 4.78 is 0. The van der Waals surface area contributed by atoms with Gasteiger partial charge in [0.05, 0.1) is 0 Å². The van der Waals surface area contributed by atoms with Crippen molar-refractivity contribution in [3.63, 3.8) is 0 Å². The average Bonchev–Trinajstić information content (AvgIpc) is 2.27. The molecule has 1 aromatic carbocycles. The van der Waals surface area contributed by atoms with Crippen LogP contribution < -0.4 is 0 Å². The van der Waals surface area contributed by atoms with E-state index in [1.165, 1.54) is 25.7 Å². The normalized spacial score (nSPS) is 9.20. The van der Waals surface area contributed by atoms with E-state index in [0.29, 0.717) is 5.75 Å². The van der Waals surface area contributed by atoms with E-state index in [2.05, 4.69) is 25.3 Å². The van der Waals surface area contributed by atoms with Crippen molar-refractivity contribution < 1.29 is 5.11 Å². The molecule has 0 atom stereocenters. The summed E-state index contributed by atoms with van der Waals surface area (Å²) in [5, 5.41) is 8.63. The molecule has 0 aliphatic rings. The van der Waals surface area contributed by atoms with Crippen LogP contribution in [-0.4, -0.2) is 16.6 Å². The van der Waals surface area contributed by atoms with Crippen molar-refractivity contribution in [2.75, 3.05) is 11.5 Å². The number of rotatable bonds is 5. The molecule has 0 bridgehead atoms. The van der Waals surface area contributed by atoms with Gasteiger partial charge in [-0.15, -0.1) is 0 Å². The molecule has 0 fully saturated rings. The van der Waals surface area contributed by atoms with E-state index in [9.17, 15) is 0 Å². The molecule has 1 N–H and O–H groups in total. The predicted octanol–water partition coefficient (Wildman–Crippen LogP) is 3.80. The molecule has 15 heavy (non-hydrogen) atoms. The van der Waals surface area contributed by atoms with E-state index < -0.39 is 0 Å². The summed E-state index contributed by atoms with van der Waals surface area (Å²) in [5.74, 6) is 2.39. The Morgan fingerprint density at radius 2 is 1.27 bits per heavy atom. The van der Waals surface area contributed by atoms with Crippen molar-refractivity contribution in [2.45, 2.75) is 25.7 Å². The fourth-order valence-electron chi connectivity index (χ4n) is 1.01. The Hall–Kier alpha value is -0.280. The van der Waals surface area contributed by atoms with Crippen molar-refractivity contribution in [1.82, 2.24) is 0 Å².